The number of anilines is 1. The molecule has 0 amide bonds. The maximum absolute atomic E-state index is 8.65. The molecule has 0 fully saturated rings. The Bertz CT molecular complexity index is 501. The number of amidine groups is 1. The second kappa shape index (κ2) is 6.12. The van der Waals surface area contributed by atoms with Crippen molar-refractivity contribution in [3.63, 3.8) is 0 Å². The van der Waals surface area contributed by atoms with Gasteiger partial charge in [0.15, 0.2) is 5.17 Å². The highest BCUT2D eigenvalue weighted by Crippen LogP contribution is 2.29. The van der Waals surface area contributed by atoms with Crippen LogP contribution in [0.4, 0.5) is 5.69 Å². The minimum atomic E-state index is 0.0777. The Balaban J connectivity index is 2.07. The molecule has 19 heavy (non-hydrogen) atoms. The Morgan fingerprint density at radius 1 is 1.42 bits per heavy atom. The van der Waals surface area contributed by atoms with E-state index in [1.54, 1.807) is 11.8 Å². The van der Waals surface area contributed by atoms with Crippen LogP contribution in [0.15, 0.2) is 29.3 Å². The second-order valence-electron chi connectivity index (χ2n) is 5.02. The van der Waals surface area contributed by atoms with Gasteiger partial charge in [-0.1, -0.05) is 30.8 Å². The van der Waals surface area contributed by atoms with Gasteiger partial charge in [-0.05, 0) is 37.5 Å². The van der Waals surface area contributed by atoms with E-state index in [9.17, 15) is 0 Å². The zero-order chi connectivity index (χ0) is 13.7. The number of nitrogens with one attached hydrogen (secondary N) is 1. The molecule has 0 spiro atoms. The molecule has 4 heteroatoms. The van der Waals surface area contributed by atoms with Crippen molar-refractivity contribution in [2.45, 2.75) is 38.6 Å². The van der Waals surface area contributed by atoms with Gasteiger partial charge in [0.05, 0.1) is 18.0 Å². The zero-order valence-corrected chi connectivity index (χ0v) is 12.3. The predicted octanol–water partition coefficient (Wildman–Crippen LogP) is 3.83. The molecular weight excluding hydrogens is 254 g/mol. The summed E-state index contributed by atoms with van der Waals surface area (Å²) in [5.74, 6) is 1.11. The van der Waals surface area contributed by atoms with Crippen LogP contribution in [-0.4, -0.2) is 16.5 Å². The first-order valence-electron chi connectivity index (χ1n) is 6.61. The summed E-state index contributed by atoms with van der Waals surface area (Å²) in [6, 6.07) is 10.1. The van der Waals surface area contributed by atoms with Crippen molar-refractivity contribution in [2.24, 2.45) is 4.99 Å². The lowest BCUT2D eigenvalue weighted by Gasteiger charge is -2.29. The van der Waals surface area contributed by atoms with E-state index in [4.69, 9.17) is 10.3 Å². The van der Waals surface area contributed by atoms with E-state index in [0.29, 0.717) is 6.42 Å². The van der Waals surface area contributed by atoms with Gasteiger partial charge in [-0.3, -0.25) is 4.99 Å². The molecule has 2 rings (SSSR count). The van der Waals surface area contributed by atoms with Crippen LogP contribution in [0.1, 0.15) is 32.3 Å². The van der Waals surface area contributed by atoms with Gasteiger partial charge < -0.3 is 5.32 Å². The van der Waals surface area contributed by atoms with Crippen molar-refractivity contribution < 1.29 is 0 Å². The molecule has 3 nitrogen and oxygen atoms in total. The van der Waals surface area contributed by atoms with E-state index in [0.717, 1.165) is 35.0 Å². The molecule has 0 aromatic heterocycles. The molecule has 1 aromatic rings. The average molecular weight is 273 g/mol. The van der Waals surface area contributed by atoms with Crippen molar-refractivity contribution in [3.05, 3.63) is 29.8 Å². The summed E-state index contributed by atoms with van der Waals surface area (Å²) in [5.41, 5.74) is 2.16. The molecular formula is C15H19N3S. The number of benzene rings is 1. The van der Waals surface area contributed by atoms with Crippen molar-refractivity contribution >= 4 is 22.6 Å². The van der Waals surface area contributed by atoms with Crippen molar-refractivity contribution in [1.82, 2.24) is 0 Å². The maximum Gasteiger partial charge on any atom is 0.161 e. The molecule has 0 bridgehead atoms. The Morgan fingerprint density at radius 3 is 2.79 bits per heavy atom. The minimum Gasteiger partial charge on any atom is -0.335 e. The number of hydrogen-bond acceptors (Lipinski definition) is 4. The van der Waals surface area contributed by atoms with Gasteiger partial charge in [-0.2, -0.15) is 5.26 Å². The SMILES string of the molecule is CCC1(C)CCSC(Nc2ccc(CC#N)cc2)=N1. The molecule has 100 valence electrons. The van der Waals surface area contributed by atoms with Gasteiger partial charge in [-0.25, -0.2) is 0 Å². The molecule has 1 aliphatic rings. The van der Waals surface area contributed by atoms with Gasteiger partial charge in [0, 0.05) is 11.4 Å². The topological polar surface area (TPSA) is 48.2 Å². The van der Waals surface area contributed by atoms with E-state index in [1.165, 1.54) is 0 Å². The molecule has 0 radical (unpaired) electrons. The van der Waals surface area contributed by atoms with Gasteiger partial charge >= 0.3 is 0 Å². The van der Waals surface area contributed by atoms with E-state index in [-0.39, 0.29) is 5.54 Å². The Morgan fingerprint density at radius 2 is 2.16 bits per heavy atom. The molecule has 0 saturated heterocycles. The monoisotopic (exact) mass is 273 g/mol. The summed E-state index contributed by atoms with van der Waals surface area (Å²) in [4.78, 5) is 4.80. The van der Waals surface area contributed by atoms with Crippen LogP contribution in [0.5, 0.6) is 0 Å². The van der Waals surface area contributed by atoms with Crippen LogP contribution in [0, 0.1) is 11.3 Å². The van der Waals surface area contributed by atoms with E-state index >= 15 is 0 Å². The predicted molar refractivity (Wildman–Crippen MR) is 82.6 cm³/mol. The molecule has 1 heterocycles. The normalized spacial score (nSPS) is 22.5. The van der Waals surface area contributed by atoms with Crippen molar-refractivity contribution in [2.75, 3.05) is 11.1 Å². The standard InChI is InChI=1S/C15H19N3S/c1-3-15(2)9-11-19-14(18-15)17-13-6-4-12(5-7-13)8-10-16/h4-7H,3,8-9,11H2,1-2H3,(H,17,18). The number of rotatable bonds is 3. The smallest absolute Gasteiger partial charge is 0.161 e. The first-order valence-corrected chi connectivity index (χ1v) is 7.59. The summed E-state index contributed by atoms with van der Waals surface area (Å²) in [6.07, 6.45) is 2.67. The molecule has 0 saturated carbocycles. The van der Waals surface area contributed by atoms with Gasteiger partial charge in [0.2, 0.25) is 0 Å². The third-order valence-electron chi connectivity index (χ3n) is 3.50. The third kappa shape index (κ3) is 3.74. The van der Waals surface area contributed by atoms with E-state index in [1.807, 2.05) is 24.3 Å². The lowest BCUT2D eigenvalue weighted by atomic mass is 9.97. The maximum atomic E-state index is 8.65. The van der Waals surface area contributed by atoms with Gasteiger partial charge in [0.1, 0.15) is 0 Å². The fourth-order valence-electron chi connectivity index (χ4n) is 1.94. The first kappa shape index (κ1) is 14.0. The molecule has 1 N–H and O–H groups in total. The summed E-state index contributed by atoms with van der Waals surface area (Å²) in [7, 11) is 0. The van der Waals surface area contributed by atoms with Gasteiger partial charge in [-0.15, -0.1) is 0 Å². The number of nitriles is 1. The lowest BCUT2D eigenvalue weighted by molar-refractivity contribution is 0.443. The average Bonchev–Trinajstić information content (AvgIpc) is 2.42. The fourth-order valence-corrected chi connectivity index (χ4v) is 3.15. The Labute approximate surface area is 119 Å². The van der Waals surface area contributed by atoms with Crippen LogP contribution in [0.3, 0.4) is 0 Å². The Kier molecular flexibility index (Phi) is 4.49. The molecule has 1 atom stereocenters. The number of nitrogens with zero attached hydrogens (tertiary/aromatic N) is 2. The summed E-state index contributed by atoms with van der Waals surface area (Å²) in [6.45, 7) is 4.40. The highest BCUT2D eigenvalue weighted by atomic mass is 32.2. The van der Waals surface area contributed by atoms with E-state index in [2.05, 4.69) is 25.2 Å². The van der Waals surface area contributed by atoms with Crippen molar-refractivity contribution in [1.29, 1.82) is 5.26 Å². The van der Waals surface area contributed by atoms with E-state index < -0.39 is 0 Å². The molecule has 1 aromatic carbocycles. The molecule has 1 unspecified atom stereocenters. The van der Waals surface area contributed by atoms with Crippen LogP contribution in [0.2, 0.25) is 0 Å². The van der Waals surface area contributed by atoms with Crippen LogP contribution in [0.25, 0.3) is 0 Å². The van der Waals surface area contributed by atoms with Crippen LogP contribution in [-0.2, 0) is 6.42 Å². The Hall–Kier alpha value is -1.47. The largest absolute Gasteiger partial charge is 0.335 e. The third-order valence-corrected chi connectivity index (χ3v) is 4.38. The van der Waals surface area contributed by atoms with Gasteiger partial charge in [0.25, 0.3) is 0 Å². The summed E-state index contributed by atoms with van der Waals surface area (Å²) in [5, 5.41) is 13.0. The highest BCUT2D eigenvalue weighted by molar-refractivity contribution is 8.14. The number of hydrogen-bond donors (Lipinski definition) is 1. The number of aliphatic imine (C=N–C) groups is 1. The minimum absolute atomic E-state index is 0.0777. The molecule has 1 aliphatic heterocycles. The van der Waals surface area contributed by atoms with Crippen LogP contribution >= 0.6 is 11.8 Å². The summed E-state index contributed by atoms with van der Waals surface area (Å²) < 4.78 is 0. The number of thioether (sulfide) groups is 1. The van der Waals surface area contributed by atoms with Crippen molar-refractivity contribution in [3.8, 4) is 6.07 Å². The summed E-state index contributed by atoms with van der Waals surface area (Å²) >= 11 is 1.78. The quantitative estimate of drug-likeness (QED) is 0.910. The fraction of sp³-hybridized carbons (Fsp3) is 0.467. The highest BCUT2D eigenvalue weighted by Gasteiger charge is 2.25. The first-order chi connectivity index (χ1) is 9.15. The second-order valence-corrected chi connectivity index (χ2v) is 6.11. The zero-order valence-electron chi connectivity index (χ0n) is 11.4. The van der Waals surface area contributed by atoms with Crippen LogP contribution < -0.4 is 5.32 Å². The molecule has 0 aliphatic carbocycles. The lowest BCUT2D eigenvalue weighted by Crippen LogP contribution is -2.29.